The highest BCUT2D eigenvalue weighted by atomic mass is 15.1. The highest BCUT2D eigenvalue weighted by molar-refractivity contribution is 5.59. The summed E-state index contributed by atoms with van der Waals surface area (Å²) >= 11 is 0. The Morgan fingerprint density at radius 3 is 2.25 bits per heavy atom. The summed E-state index contributed by atoms with van der Waals surface area (Å²) in [4.78, 5) is 11.0. The van der Waals surface area contributed by atoms with Crippen LogP contribution in [0.4, 0.5) is 0 Å². The number of rotatable bonds is 7. The highest BCUT2D eigenvalue weighted by Crippen LogP contribution is 2.45. The molecule has 0 radical (unpaired) electrons. The molecule has 0 amide bonds. The van der Waals surface area contributed by atoms with Crippen LogP contribution in [0.3, 0.4) is 0 Å². The van der Waals surface area contributed by atoms with Crippen LogP contribution in [0.5, 0.6) is 0 Å². The molecule has 2 aromatic rings. The maximum absolute atomic E-state index is 4.87. The predicted molar refractivity (Wildman–Crippen MR) is 119 cm³/mol. The van der Waals surface area contributed by atoms with Crippen molar-refractivity contribution >= 4 is 0 Å². The van der Waals surface area contributed by atoms with E-state index in [0.717, 1.165) is 31.2 Å². The lowest BCUT2D eigenvalue weighted by Gasteiger charge is -2.38. The zero-order valence-corrected chi connectivity index (χ0v) is 18.6. The Bertz CT molecular complexity index is 713. The first-order valence-electron chi connectivity index (χ1n) is 11.3. The summed E-state index contributed by atoms with van der Waals surface area (Å²) in [7, 11) is 0. The van der Waals surface area contributed by atoms with Crippen molar-refractivity contribution in [1.29, 1.82) is 0 Å². The van der Waals surface area contributed by atoms with Crippen LogP contribution in [-0.4, -0.2) is 28.0 Å². The number of imidazole rings is 1. The van der Waals surface area contributed by atoms with Gasteiger partial charge in [-0.15, -0.1) is 0 Å². The van der Waals surface area contributed by atoms with Gasteiger partial charge in [-0.2, -0.15) is 0 Å². The molecule has 0 saturated heterocycles. The maximum Gasteiger partial charge on any atom is 0.110 e. The second-order valence-electron chi connectivity index (χ2n) is 9.58. The second kappa shape index (κ2) is 9.26. The van der Waals surface area contributed by atoms with Crippen molar-refractivity contribution in [2.24, 2.45) is 11.3 Å². The summed E-state index contributed by atoms with van der Waals surface area (Å²) in [5.74, 6) is 2.44. The molecule has 0 aliphatic heterocycles. The van der Waals surface area contributed by atoms with Crippen LogP contribution >= 0.6 is 0 Å². The Hall–Kier alpha value is -1.61. The average molecular weight is 382 g/mol. The Kier molecular flexibility index (Phi) is 6.98. The molecule has 1 unspecified atom stereocenters. The second-order valence-corrected chi connectivity index (χ2v) is 9.58. The summed E-state index contributed by atoms with van der Waals surface area (Å²) in [6.07, 6.45) is 8.88. The van der Waals surface area contributed by atoms with Gasteiger partial charge in [-0.1, -0.05) is 78.1 Å². The third kappa shape index (κ3) is 5.05. The van der Waals surface area contributed by atoms with Gasteiger partial charge in [0.2, 0.25) is 0 Å². The molecule has 1 aliphatic rings. The molecule has 1 aliphatic carbocycles. The van der Waals surface area contributed by atoms with E-state index in [0.29, 0.717) is 5.92 Å². The van der Waals surface area contributed by atoms with Gasteiger partial charge in [0, 0.05) is 12.5 Å². The average Bonchev–Trinajstić information content (AvgIpc) is 3.15. The largest absolute Gasteiger partial charge is 0.342 e. The molecule has 1 fully saturated rings. The standard InChI is InChI=1S/C25H39N3/c1-6-28(7-2)18-19-13-15-20(16-14-19)22-17-26-24(27-22)23(25(3,4)5)21-11-9-8-10-12-21/h13-17,21,23H,6-12,18H2,1-5H3,(H,26,27). The van der Waals surface area contributed by atoms with Crippen molar-refractivity contribution in [1.82, 2.24) is 14.9 Å². The zero-order chi connectivity index (χ0) is 20.1. The Balaban J connectivity index is 1.78. The minimum absolute atomic E-state index is 0.227. The summed E-state index contributed by atoms with van der Waals surface area (Å²) in [6, 6.07) is 9.00. The third-order valence-electron chi connectivity index (χ3n) is 6.51. The fourth-order valence-electron chi connectivity index (χ4n) is 4.94. The summed E-state index contributed by atoms with van der Waals surface area (Å²) in [5, 5.41) is 0. The molecule has 1 heterocycles. The van der Waals surface area contributed by atoms with Crippen LogP contribution in [0.2, 0.25) is 0 Å². The molecule has 154 valence electrons. The third-order valence-corrected chi connectivity index (χ3v) is 6.51. The molecule has 3 rings (SSSR count). The number of hydrogen-bond acceptors (Lipinski definition) is 2. The van der Waals surface area contributed by atoms with Gasteiger partial charge >= 0.3 is 0 Å². The monoisotopic (exact) mass is 381 g/mol. The minimum atomic E-state index is 0.227. The topological polar surface area (TPSA) is 31.9 Å². The molecule has 0 spiro atoms. The number of nitrogens with zero attached hydrogens (tertiary/aromatic N) is 2. The SMILES string of the molecule is CCN(CC)Cc1ccc(-c2cnc(C(C3CCCCC3)C(C)(C)C)[nH]2)cc1. The van der Waals surface area contributed by atoms with Crippen LogP contribution in [0.25, 0.3) is 11.3 Å². The van der Waals surface area contributed by atoms with Gasteiger partial charge in [-0.05, 0) is 48.4 Å². The van der Waals surface area contributed by atoms with Crippen molar-refractivity contribution in [2.75, 3.05) is 13.1 Å². The number of hydrogen-bond donors (Lipinski definition) is 1. The molecule has 3 heteroatoms. The number of H-pyrrole nitrogens is 1. The van der Waals surface area contributed by atoms with Gasteiger partial charge in [0.05, 0.1) is 11.9 Å². The van der Waals surface area contributed by atoms with Crippen molar-refractivity contribution in [3.63, 3.8) is 0 Å². The first-order valence-corrected chi connectivity index (χ1v) is 11.3. The van der Waals surface area contributed by atoms with Crippen LogP contribution in [0, 0.1) is 11.3 Å². The predicted octanol–water partition coefficient (Wildman–Crippen LogP) is 6.63. The molecule has 1 N–H and O–H groups in total. The van der Waals surface area contributed by atoms with E-state index >= 15 is 0 Å². The van der Waals surface area contributed by atoms with Crippen LogP contribution < -0.4 is 0 Å². The lowest BCUT2D eigenvalue weighted by molar-refractivity contribution is 0.184. The quantitative estimate of drug-likeness (QED) is 0.584. The number of nitrogens with one attached hydrogen (secondary N) is 1. The fourth-order valence-corrected chi connectivity index (χ4v) is 4.94. The molecule has 1 saturated carbocycles. The Labute approximate surface area is 172 Å². The van der Waals surface area contributed by atoms with Gasteiger partial charge in [-0.3, -0.25) is 4.90 Å². The Morgan fingerprint density at radius 2 is 1.68 bits per heavy atom. The molecule has 28 heavy (non-hydrogen) atoms. The van der Waals surface area contributed by atoms with E-state index in [2.05, 4.69) is 68.8 Å². The fraction of sp³-hybridized carbons (Fsp3) is 0.640. The van der Waals surface area contributed by atoms with Crippen molar-refractivity contribution < 1.29 is 0 Å². The highest BCUT2D eigenvalue weighted by Gasteiger charge is 2.36. The van der Waals surface area contributed by atoms with Crippen LogP contribution in [0.15, 0.2) is 30.5 Å². The van der Waals surface area contributed by atoms with Gasteiger partial charge in [0.1, 0.15) is 5.82 Å². The zero-order valence-electron chi connectivity index (χ0n) is 18.6. The molecule has 1 aromatic carbocycles. The van der Waals surface area contributed by atoms with Crippen LogP contribution in [0.1, 0.15) is 84.0 Å². The molecular formula is C25H39N3. The smallest absolute Gasteiger partial charge is 0.110 e. The normalized spacial score (nSPS) is 17.2. The van der Waals surface area contributed by atoms with Crippen LogP contribution in [-0.2, 0) is 6.54 Å². The summed E-state index contributed by atoms with van der Waals surface area (Å²) in [5.41, 5.74) is 3.99. The van der Waals surface area contributed by atoms with E-state index < -0.39 is 0 Å². The summed E-state index contributed by atoms with van der Waals surface area (Å²) in [6.45, 7) is 14.8. The van der Waals surface area contributed by atoms with Crippen molar-refractivity contribution in [2.45, 2.75) is 79.2 Å². The number of aromatic amines is 1. The molecule has 1 aromatic heterocycles. The Morgan fingerprint density at radius 1 is 1.04 bits per heavy atom. The van der Waals surface area contributed by atoms with Gasteiger partial charge in [0.15, 0.2) is 0 Å². The molecule has 3 nitrogen and oxygen atoms in total. The summed E-state index contributed by atoms with van der Waals surface area (Å²) < 4.78 is 0. The van der Waals surface area contributed by atoms with E-state index in [1.54, 1.807) is 0 Å². The van der Waals surface area contributed by atoms with Crippen molar-refractivity contribution in [3.8, 4) is 11.3 Å². The number of benzene rings is 1. The maximum atomic E-state index is 4.87. The first-order chi connectivity index (χ1) is 13.4. The lowest BCUT2D eigenvalue weighted by atomic mass is 9.68. The van der Waals surface area contributed by atoms with E-state index in [1.165, 1.54) is 49.1 Å². The van der Waals surface area contributed by atoms with E-state index in [9.17, 15) is 0 Å². The van der Waals surface area contributed by atoms with Gasteiger partial charge in [-0.25, -0.2) is 4.98 Å². The molecule has 0 bridgehead atoms. The number of aromatic nitrogens is 2. The minimum Gasteiger partial charge on any atom is -0.342 e. The van der Waals surface area contributed by atoms with E-state index in [1.807, 2.05) is 6.20 Å². The van der Waals surface area contributed by atoms with Crippen molar-refractivity contribution in [3.05, 3.63) is 41.9 Å². The van der Waals surface area contributed by atoms with Gasteiger partial charge < -0.3 is 4.98 Å². The first kappa shape index (κ1) is 21.1. The van der Waals surface area contributed by atoms with Gasteiger partial charge in [0.25, 0.3) is 0 Å². The molecule has 1 atom stereocenters. The van der Waals surface area contributed by atoms with E-state index in [-0.39, 0.29) is 5.41 Å². The molecular weight excluding hydrogens is 342 g/mol. The van der Waals surface area contributed by atoms with E-state index in [4.69, 9.17) is 4.98 Å². The lowest BCUT2D eigenvalue weighted by Crippen LogP contribution is -2.28.